The Labute approximate surface area is 107 Å². The van der Waals surface area contributed by atoms with Gasteiger partial charge in [-0.15, -0.1) is 0 Å². The van der Waals surface area contributed by atoms with Gasteiger partial charge in [0.2, 0.25) is 0 Å². The Morgan fingerprint density at radius 1 is 1.00 bits per heavy atom. The van der Waals surface area contributed by atoms with Crippen LogP contribution in [0.25, 0.3) is 11.1 Å². The number of halogens is 1. The highest BCUT2D eigenvalue weighted by atomic mass is 19.1. The Hall–Kier alpha value is -1.83. The summed E-state index contributed by atoms with van der Waals surface area (Å²) in [7, 11) is 0. The predicted octanol–water partition coefficient (Wildman–Crippen LogP) is 4.67. The first kappa shape index (κ1) is 12.6. The van der Waals surface area contributed by atoms with E-state index in [-0.39, 0.29) is 5.82 Å². The van der Waals surface area contributed by atoms with Gasteiger partial charge < -0.3 is 4.74 Å². The summed E-state index contributed by atoms with van der Waals surface area (Å²) >= 11 is 0. The fraction of sp³-hybridized carbons (Fsp3) is 0.250. The second-order valence-corrected chi connectivity index (χ2v) is 4.21. The van der Waals surface area contributed by atoms with E-state index in [0.29, 0.717) is 5.56 Å². The molecule has 2 heteroatoms. The third-order valence-electron chi connectivity index (χ3n) is 2.81. The van der Waals surface area contributed by atoms with E-state index in [1.807, 2.05) is 30.3 Å². The molecule has 0 heterocycles. The first-order valence-corrected chi connectivity index (χ1v) is 6.29. The summed E-state index contributed by atoms with van der Waals surface area (Å²) in [5.74, 6) is 0.640. The van der Waals surface area contributed by atoms with Crippen LogP contribution in [0.1, 0.15) is 19.8 Å². The molecule has 0 fully saturated rings. The van der Waals surface area contributed by atoms with E-state index in [1.165, 1.54) is 6.07 Å². The van der Waals surface area contributed by atoms with Crippen molar-refractivity contribution in [1.29, 1.82) is 0 Å². The van der Waals surface area contributed by atoms with Gasteiger partial charge in [-0.3, -0.25) is 0 Å². The summed E-state index contributed by atoms with van der Waals surface area (Å²) in [6, 6.07) is 14.3. The van der Waals surface area contributed by atoms with Gasteiger partial charge in [-0.2, -0.15) is 0 Å². The molecule has 0 aromatic heterocycles. The minimum absolute atomic E-state index is 0.197. The second kappa shape index (κ2) is 6.20. The van der Waals surface area contributed by atoms with Crippen molar-refractivity contribution in [2.75, 3.05) is 6.61 Å². The summed E-state index contributed by atoms with van der Waals surface area (Å²) in [6.45, 7) is 2.86. The van der Waals surface area contributed by atoms with Crippen molar-refractivity contribution in [3.63, 3.8) is 0 Å². The Morgan fingerprint density at radius 3 is 2.39 bits per heavy atom. The molecule has 1 nitrogen and oxygen atoms in total. The van der Waals surface area contributed by atoms with Gasteiger partial charge in [0, 0.05) is 5.56 Å². The van der Waals surface area contributed by atoms with Crippen LogP contribution in [0.2, 0.25) is 0 Å². The summed E-state index contributed by atoms with van der Waals surface area (Å²) in [5.41, 5.74) is 1.49. The molecule has 94 valence electrons. The molecule has 0 saturated heterocycles. The minimum atomic E-state index is -0.197. The van der Waals surface area contributed by atoms with Crippen molar-refractivity contribution in [3.05, 3.63) is 54.3 Å². The van der Waals surface area contributed by atoms with Gasteiger partial charge >= 0.3 is 0 Å². The van der Waals surface area contributed by atoms with E-state index >= 15 is 0 Å². The van der Waals surface area contributed by atoms with E-state index in [4.69, 9.17) is 4.74 Å². The lowest BCUT2D eigenvalue weighted by Crippen LogP contribution is -1.96. The molecule has 2 rings (SSSR count). The van der Waals surface area contributed by atoms with E-state index in [1.54, 1.807) is 12.1 Å². The molecular weight excluding hydrogens is 227 g/mol. The van der Waals surface area contributed by atoms with E-state index in [9.17, 15) is 4.39 Å². The van der Waals surface area contributed by atoms with Gasteiger partial charge in [-0.25, -0.2) is 4.39 Å². The maximum Gasteiger partial charge on any atom is 0.131 e. The lowest BCUT2D eigenvalue weighted by atomic mass is 10.1. The van der Waals surface area contributed by atoms with Crippen LogP contribution < -0.4 is 4.74 Å². The number of hydrogen-bond donors (Lipinski definition) is 0. The average Bonchev–Trinajstić information content (AvgIpc) is 2.41. The molecule has 0 spiro atoms. The molecule has 0 aliphatic heterocycles. The molecule has 0 atom stereocenters. The number of unbranched alkanes of at least 4 members (excludes halogenated alkanes) is 1. The zero-order valence-electron chi connectivity index (χ0n) is 10.5. The van der Waals surface area contributed by atoms with Gasteiger partial charge in [0.1, 0.15) is 11.6 Å². The first-order chi connectivity index (χ1) is 8.81. The molecular formula is C16H17FO. The van der Waals surface area contributed by atoms with Crippen LogP contribution >= 0.6 is 0 Å². The second-order valence-electron chi connectivity index (χ2n) is 4.21. The highest BCUT2D eigenvalue weighted by Gasteiger charge is 2.03. The Bertz CT molecular complexity index is 491. The smallest absolute Gasteiger partial charge is 0.131 e. The molecule has 18 heavy (non-hydrogen) atoms. The molecule has 0 N–H and O–H groups in total. The lowest BCUT2D eigenvalue weighted by molar-refractivity contribution is 0.309. The monoisotopic (exact) mass is 244 g/mol. The van der Waals surface area contributed by atoms with Crippen LogP contribution in [0.5, 0.6) is 5.75 Å². The minimum Gasteiger partial charge on any atom is -0.494 e. The van der Waals surface area contributed by atoms with Crippen molar-refractivity contribution >= 4 is 0 Å². The third kappa shape index (κ3) is 3.10. The quantitative estimate of drug-likeness (QED) is 0.694. The summed E-state index contributed by atoms with van der Waals surface area (Å²) in [5, 5.41) is 0. The number of hydrogen-bond acceptors (Lipinski definition) is 1. The molecule has 0 saturated carbocycles. The Balaban J connectivity index is 2.10. The van der Waals surface area contributed by atoms with Crippen LogP contribution in [0, 0.1) is 5.82 Å². The molecule has 0 amide bonds. The Kier molecular flexibility index (Phi) is 4.35. The van der Waals surface area contributed by atoms with E-state index in [0.717, 1.165) is 30.8 Å². The average molecular weight is 244 g/mol. The van der Waals surface area contributed by atoms with Crippen molar-refractivity contribution in [3.8, 4) is 16.9 Å². The summed E-state index contributed by atoms with van der Waals surface area (Å²) < 4.78 is 19.2. The standard InChI is InChI=1S/C16H17FO/c1-2-3-12-18-14-10-8-13(9-11-14)15-6-4-5-7-16(15)17/h4-11H,2-3,12H2,1H3. The van der Waals surface area contributed by atoms with Crippen LogP contribution in [0.15, 0.2) is 48.5 Å². The summed E-state index contributed by atoms with van der Waals surface area (Å²) in [4.78, 5) is 0. The molecule has 0 aliphatic carbocycles. The molecule has 0 unspecified atom stereocenters. The third-order valence-corrected chi connectivity index (χ3v) is 2.81. The van der Waals surface area contributed by atoms with Gasteiger partial charge in [0.05, 0.1) is 6.61 Å². The van der Waals surface area contributed by atoms with Crippen LogP contribution in [0.3, 0.4) is 0 Å². The van der Waals surface area contributed by atoms with Gasteiger partial charge in [-0.1, -0.05) is 43.7 Å². The molecule has 2 aromatic rings. The SMILES string of the molecule is CCCCOc1ccc(-c2ccccc2F)cc1. The van der Waals surface area contributed by atoms with Gasteiger partial charge in [0.25, 0.3) is 0 Å². The van der Waals surface area contributed by atoms with Crippen LogP contribution in [0.4, 0.5) is 4.39 Å². The van der Waals surface area contributed by atoms with Crippen molar-refractivity contribution in [1.82, 2.24) is 0 Å². The zero-order chi connectivity index (χ0) is 12.8. The number of ether oxygens (including phenoxy) is 1. The van der Waals surface area contributed by atoms with Gasteiger partial charge in [-0.05, 0) is 30.2 Å². The topological polar surface area (TPSA) is 9.23 Å². The normalized spacial score (nSPS) is 10.3. The maximum atomic E-state index is 13.6. The fourth-order valence-corrected chi connectivity index (χ4v) is 1.76. The van der Waals surface area contributed by atoms with Crippen molar-refractivity contribution in [2.45, 2.75) is 19.8 Å². The fourth-order valence-electron chi connectivity index (χ4n) is 1.76. The van der Waals surface area contributed by atoms with Crippen molar-refractivity contribution < 1.29 is 9.13 Å². The van der Waals surface area contributed by atoms with Gasteiger partial charge in [0.15, 0.2) is 0 Å². The largest absolute Gasteiger partial charge is 0.494 e. The number of rotatable bonds is 5. The molecule has 2 aromatic carbocycles. The zero-order valence-corrected chi connectivity index (χ0v) is 10.5. The highest BCUT2D eigenvalue weighted by molar-refractivity contribution is 5.64. The predicted molar refractivity (Wildman–Crippen MR) is 72.2 cm³/mol. The van der Waals surface area contributed by atoms with Crippen molar-refractivity contribution in [2.24, 2.45) is 0 Å². The number of benzene rings is 2. The first-order valence-electron chi connectivity index (χ1n) is 6.29. The van der Waals surface area contributed by atoms with Crippen LogP contribution in [-0.4, -0.2) is 6.61 Å². The summed E-state index contributed by atoms with van der Waals surface area (Å²) in [6.07, 6.45) is 2.17. The molecule has 0 aliphatic rings. The molecule has 0 bridgehead atoms. The maximum absolute atomic E-state index is 13.6. The highest BCUT2D eigenvalue weighted by Crippen LogP contribution is 2.24. The van der Waals surface area contributed by atoms with E-state index < -0.39 is 0 Å². The molecule has 0 radical (unpaired) electrons. The van der Waals surface area contributed by atoms with E-state index in [2.05, 4.69) is 6.92 Å². The van der Waals surface area contributed by atoms with Crippen LogP contribution in [-0.2, 0) is 0 Å². The lowest BCUT2D eigenvalue weighted by Gasteiger charge is -2.07. The Morgan fingerprint density at radius 2 is 1.72 bits per heavy atom.